The van der Waals surface area contributed by atoms with Gasteiger partial charge in [0, 0.05) is 11.3 Å². The Morgan fingerprint density at radius 3 is 2.77 bits per heavy atom. The Morgan fingerprint density at radius 1 is 1.54 bits per heavy atom. The van der Waals surface area contributed by atoms with Crippen molar-refractivity contribution in [1.29, 1.82) is 0 Å². The molecule has 13 heavy (non-hydrogen) atoms. The van der Waals surface area contributed by atoms with Crippen LogP contribution in [-0.2, 0) is 0 Å². The van der Waals surface area contributed by atoms with E-state index in [2.05, 4.69) is 4.98 Å². The summed E-state index contributed by atoms with van der Waals surface area (Å²) in [7, 11) is 0. The van der Waals surface area contributed by atoms with Crippen LogP contribution in [0.5, 0.6) is 0 Å². The quantitative estimate of drug-likeness (QED) is 0.785. The van der Waals surface area contributed by atoms with Crippen molar-refractivity contribution in [3.63, 3.8) is 0 Å². The minimum Gasteiger partial charge on any atom is -0.364 e. The number of carbonyl (C=O) groups is 1. The van der Waals surface area contributed by atoms with E-state index in [-0.39, 0.29) is 0 Å². The molecule has 1 heterocycles. The molecule has 0 aromatic carbocycles. The van der Waals surface area contributed by atoms with Crippen molar-refractivity contribution >= 4 is 17.2 Å². The predicted octanol–water partition coefficient (Wildman–Crippen LogP) is 1.90. The zero-order valence-corrected chi connectivity index (χ0v) is 8.14. The van der Waals surface area contributed by atoms with Gasteiger partial charge < -0.3 is 5.73 Å². The fourth-order valence-corrected chi connectivity index (χ4v) is 2.74. The highest BCUT2D eigenvalue weighted by atomic mass is 32.1. The van der Waals surface area contributed by atoms with Gasteiger partial charge in [0.2, 0.25) is 0 Å². The predicted molar refractivity (Wildman–Crippen MR) is 51.8 cm³/mol. The minimum absolute atomic E-state index is 0.416. The van der Waals surface area contributed by atoms with Crippen LogP contribution in [0.2, 0.25) is 0 Å². The van der Waals surface area contributed by atoms with Crippen LogP contribution in [0.1, 0.15) is 47.1 Å². The summed E-state index contributed by atoms with van der Waals surface area (Å²) in [4.78, 5) is 15.0. The van der Waals surface area contributed by atoms with Gasteiger partial charge in [-0.1, -0.05) is 12.8 Å². The molecule has 2 N–H and O–H groups in total. The van der Waals surface area contributed by atoms with Crippen LogP contribution < -0.4 is 5.73 Å². The molecule has 0 bridgehead atoms. The van der Waals surface area contributed by atoms with Crippen molar-refractivity contribution in [2.24, 2.45) is 5.73 Å². The maximum absolute atomic E-state index is 10.8. The summed E-state index contributed by atoms with van der Waals surface area (Å²) >= 11 is 1.56. The summed E-state index contributed by atoms with van der Waals surface area (Å²) in [5, 5.41) is 2.85. The number of nitrogens with two attached hydrogens (primary N) is 1. The third-order valence-electron chi connectivity index (χ3n) is 2.48. The van der Waals surface area contributed by atoms with Gasteiger partial charge in [0.25, 0.3) is 5.91 Å². The number of amides is 1. The molecule has 0 aliphatic heterocycles. The van der Waals surface area contributed by atoms with Gasteiger partial charge in [0.15, 0.2) is 0 Å². The normalized spacial score (nSPS) is 17.8. The molecule has 1 saturated carbocycles. The molecule has 70 valence electrons. The third-order valence-corrected chi connectivity index (χ3v) is 3.49. The van der Waals surface area contributed by atoms with Crippen LogP contribution in [0.25, 0.3) is 0 Å². The molecular formula is C9H12N2OS. The molecule has 1 aromatic rings. The zero-order chi connectivity index (χ0) is 9.26. The first-order chi connectivity index (χ1) is 6.27. The molecular weight excluding hydrogens is 184 g/mol. The molecule has 1 aliphatic rings. The Balaban J connectivity index is 2.16. The van der Waals surface area contributed by atoms with Crippen molar-refractivity contribution in [3.05, 3.63) is 16.1 Å². The number of carbonyl (C=O) groups excluding carboxylic acids is 1. The van der Waals surface area contributed by atoms with Crippen LogP contribution in [-0.4, -0.2) is 10.9 Å². The van der Waals surface area contributed by atoms with Gasteiger partial charge in [0.05, 0.1) is 5.01 Å². The van der Waals surface area contributed by atoms with Gasteiger partial charge in [-0.15, -0.1) is 11.3 Å². The average Bonchev–Trinajstić information content (AvgIpc) is 2.75. The van der Waals surface area contributed by atoms with E-state index in [1.54, 1.807) is 16.7 Å². The standard InChI is InChI=1S/C9H12N2OS/c10-8(12)7-5-13-9(11-7)6-3-1-2-4-6/h5-6H,1-4H2,(H2,10,12). The number of rotatable bonds is 2. The Morgan fingerprint density at radius 2 is 2.23 bits per heavy atom. The fraction of sp³-hybridized carbons (Fsp3) is 0.556. The lowest BCUT2D eigenvalue weighted by molar-refractivity contribution is 0.0996. The first-order valence-corrected chi connectivity index (χ1v) is 5.40. The summed E-state index contributed by atoms with van der Waals surface area (Å²) in [6.07, 6.45) is 5.00. The highest BCUT2D eigenvalue weighted by Crippen LogP contribution is 2.35. The lowest BCUT2D eigenvalue weighted by atomic mass is 10.1. The smallest absolute Gasteiger partial charge is 0.268 e. The van der Waals surface area contributed by atoms with Gasteiger partial charge >= 0.3 is 0 Å². The Kier molecular flexibility index (Phi) is 2.31. The first kappa shape index (κ1) is 8.69. The van der Waals surface area contributed by atoms with E-state index in [1.807, 2.05) is 0 Å². The van der Waals surface area contributed by atoms with Crippen molar-refractivity contribution in [2.75, 3.05) is 0 Å². The van der Waals surface area contributed by atoms with Crippen molar-refractivity contribution in [2.45, 2.75) is 31.6 Å². The highest BCUT2D eigenvalue weighted by molar-refractivity contribution is 7.09. The Labute approximate surface area is 81.0 Å². The van der Waals surface area contributed by atoms with E-state index < -0.39 is 5.91 Å². The van der Waals surface area contributed by atoms with Crippen LogP contribution in [0.3, 0.4) is 0 Å². The molecule has 1 fully saturated rings. The van der Waals surface area contributed by atoms with Gasteiger partial charge in [-0.3, -0.25) is 4.79 Å². The van der Waals surface area contributed by atoms with E-state index in [1.165, 1.54) is 25.7 Å². The lowest BCUT2D eigenvalue weighted by Gasteiger charge is -2.01. The molecule has 3 nitrogen and oxygen atoms in total. The zero-order valence-electron chi connectivity index (χ0n) is 7.32. The average molecular weight is 196 g/mol. The number of thiazole rings is 1. The van der Waals surface area contributed by atoms with Crippen molar-refractivity contribution in [1.82, 2.24) is 4.98 Å². The minimum atomic E-state index is -0.416. The second-order valence-electron chi connectivity index (χ2n) is 3.42. The Bertz CT molecular complexity index is 315. The van der Waals surface area contributed by atoms with Crippen molar-refractivity contribution in [3.8, 4) is 0 Å². The van der Waals surface area contributed by atoms with Gasteiger partial charge in [0.1, 0.15) is 5.69 Å². The first-order valence-electron chi connectivity index (χ1n) is 4.52. The second-order valence-corrected chi connectivity index (χ2v) is 4.31. The van der Waals surface area contributed by atoms with Gasteiger partial charge in [-0.25, -0.2) is 4.98 Å². The number of aromatic nitrogens is 1. The molecule has 0 spiro atoms. The molecule has 0 unspecified atom stereocenters. The van der Waals surface area contributed by atoms with E-state index in [9.17, 15) is 4.79 Å². The van der Waals surface area contributed by atoms with E-state index in [0.717, 1.165) is 5.01 Å². The highest BCUT2D eigenvalue weighted by Gasteiger charge is 2.20. The van der Waals surface area contributed by atoms with Crippen LogP contribution in [0, 0.1) is 0 Å². The van der Waals surface area contributed by atoms with E-state index >= 15 is 0 Å². The molecule has 0 atom stereocenters. The third kappa shape index (κ3) is 1.72. The number of hydrogen-bond acceptors (Lipinski definition) is 3. The second kappa shape index (κ2) is 3.46. The lowest BCUT2D eigenvalue weighted by Crippen LogP contribution is -2.11. The fourth-order valence-electron chi connectivity index (χ4n) is 1.76. The number of primary amides is 1. The Hall–Kier alpha value is -0.900. The largest absolute Gasteiger partial charge is 0.364 e. The molecule has 1 amide bonds. The summed E-state index contributed by atoms with van der Waals surface area (Å²) in [5.41, 5.74) is 5.55. The number of hydrogen-bond donors (Lipinski definition) is 1. The van der Waals surface area contributed by atoms with Crippen LogP contribution in [0.4, 0.5) is 0 Å². The molecule has 0 radical (unpaired) electrons. The summed E-state index contributed by atoms with van der Waals surface area (Å²) in [5.74, 6) is 0.165. The van der Waals surface area contributed by atoms with Crippen LogP contribution in [0.15, 0.2) is 5.38 Å². The summed E-state index contributed by atoms with van der Waals surface area (Å²) in [6.45, 7) is 0. The molecule has 0 saturated heterocycles. The summed E-state index contributed by atoms with van der Waals surface area (Å²) < 4.78 is 0. The van der Waals surface area contributed by atoms with E-state index in [4.69, 9.17) is 5.73 Å². The molecule has 1 aromatic heterocycles. The molecule has 2 rings (SSSR count). The SMILES string of the molecule is NC(=O)c1csc(C2CCCC2)n1. The van der Waals surface area contributed by atoms with Crippen LogP contribution >= 0.6 is 11.3 Å². The van der Waals surface area contributed by atoms with Crippen molar-refractivity contribution < 1.29 is 4.79 Å². The summed E-state index contributed by atoms with van der Waals surface area (Å²) in [6, 6.07) is 0. The van der Waals surface area contributed by atoms with Gasteiger partial charge in [-0.2, -0.15) is 0 Å². The monoisotopic (exact) mass is 196 g/mol. The topological polar surface area (TPSA) is 56.0 Å². The maximum Gasteiger partial charge on any atom is 0.268 e. The number of nitrogens with zero attached hydrogens (tertiary/aromatic N) is 1. The van der Waals surface area contributed by atoms with Gasteiger partial charge in [-0.05, 0) is 12.8 Å². The molecule has 4 heteroatoms. The maximum atomic E-state index is 10.8. The van der Waals surface area contributed by atoms with E-state index in [0.29, 0.717) is 11.6 Å². The molecule has 1 aliphatic carbocycles.